The van der Waals surface area contributed by atoms with Gasteiger partial charge in [0, 0.05) is 53.7 Å². The Morgan fingerprint density at radius 2 is 1.69 bits per heavy atom. The van der Waals surface area contributed by atoms with Crippen molar-refractivity contribution in [1.82, 2.24) is 4.57 Å². The molecule has 0 aliphatic carbocycles. The molecule has 0 unspecified atom stereocenters. The second kappa shape index (κ2) is 9.74. The molecule has 0 radical (unpaired) electrons. The minimum atomic E-state index is -1.05. The van der Waals surface area contributed by atoms with Crippen LogP contribution in [-0.2, 0) is 6.54 Å². The molecule has 0 aliphatic heterocycles. The van der Waals surface area contributed by atoms with Crippen LogP contribution in [0.1, 0.15) is 16.9 Å². The third kappa shape index (κ3) is 4.26. The number of nitrogens with zero attached hydrogens (tertiary/aromatic N) is 2. The molecule has 0 amide bonds. The van der Waals surface area contributed by atoms with Gasteiger partial charge in [-0.15, -0.1) is 0 Å². The molecule has 0 fully saturated rings. The first-order valence-corrected chi connectivity index (χ1v) is 11.9. The second-order valence-corrected chi connectivity index (χ2v) is 8.93. The minimum Gasteiger partial charge on any atom is -0.493 e. The average Bonchev–Trinajstić information content (AvgIpc) is 3.20. The Bertz CT molecular complexity index is 1570. The first kappa shape index (κ1) is 23.4. The fraction of sp³-hybridized carbons (Fsp3) is 0.167. The minimum absolute atomic E-state index is 0.148. The smallest absolute Gasteiger partial charge is 0.353 e. The fourth-order valence-corrected chi connectivity index (χ4v) is 4.86. The van der Waals surface area contributed by atoms with Crippen LogP contribution in [-0.4, -0.2) is 36.3 Å². The number of aromatic carboxylic acids is 1. The van der Waals surface area contributed by atoms with E-state index in [2.05, 4.69) is 0 Å². The maximum Gasteiger partial charge on any atom is 0.353 e. The van der Waals surface area contributed by atoms with Gasteiger partial charge in [-0.1, -0.05) is 54.6 Å². The highest BCUT2D eigenvalue weighted by Crippen LogP contribution is 2.40. The highest BCUT2D eigenvalue weighted by atomic mass is 19.1. The van der Waals surface area contributed by atoms with E-state index in [9.17, 15) is 14.3 Å². The van der Waals surface area contributed by atoms with Crippen LogP contribution in [0.5, 0.6) is 5.75 Å². The molecule has 0 bridgehead atoms. The first-order chi connectivity index (χ1) is 17.5. The van der Waals surface area contributed by atoms with Crippen molar-refractivity contribution in [3.05, 3.63) is 96.4 Å². The lowest BCUT2D eigenvalue weighted by atomic mass is 9.99. The van der Waals surface area contributed by atoms with Crippen molar-refractivity contribution in [2.75, 3.05) is 25.6 Å². The number of aromatic nitrogens is 1. The lowest BCUT2D eigenvalue weighted by molar-refractivity contribution is 0.0686. The van der Waals surface area contributed by atoms with Crippen LogP contribution in [0.4, 0.5) is 10.1 Å². The highest BCUT2D eigenvalue weighted by molar-refractivity contribution is 6.10. The number of rotatable bonds is 8. The van der Waals surface area contributed by atoms with E-state index in [0.717, 1.165) is 27.8 Å². The molecule has 4 aromatic carbocycles. The first-order valence-electron chi connectivity index (χ1n) is 11.9. The summed E-state index contributed by atoms with van der Waals surface area (Å²) in [7, 11) is 3.81. The fourth-order valence-electron chi connectivity index (χ4n) is 4.86. The van der Waals surface area contributed by atoms with E-state index in [-0.39, 0.29) is 5.69 Å². The quantitative estimate of drug-likeness (QED) is 0.246. The molecule has 6 heteroatoms. The van der Waals surface area contributed by atoms with E-state index in [0.29, 0.717) is 36.0 Å². The number of ether oxygens (including phenoxy) is 1. The Labute approximate surface area is 209 Å². The monoisotopic (exact) mass is 482 g/mol. The van der Waals surface area contributed by atoms with Gasteiger partial charge in [-0.25, -0.2) is 9.18 Å². The van der Waals surface area contributed by atoms with Crippen LogP contribution in [0.2, 0.25) is 0 Å². The van der Waals surface area contributed by atoms with Crippen molar-refractivity contribution in [1.29, 1.82) is 0 Å². The maximum atomic E-state index is 14.4. The second-order valence-electron chi connectivity index (χ2n) is 8.93. The lowest BCUT2D eigenvalue weighted by Crippen LogP contribution is -2.13. The zero-order chi connectivity index (χ0) is 25.2. The summed E-state index contributed by atoms with van der Waals surface area (Å²) >= 11 is 0. The van der Waals surface area contributed by atoms with Crippen LogP contribution in [0.3, 0.4) is 0 Å². The van der Waals surface area contributed by atoms with Crippen LogP contribution in [0.15, 0.2) is 84.9 Å². The number of para-hydroxylation sites is 1. The summed E-state index contributed by atoms with van der Waals surface area (Å²) in [5.74, 6) is -0.656. The van der Waals surface area contributed by atoms with Gasteiger partial charge in [-0.05, 0) is 42.1 Å². The number of halogens is 1. The predicted octanol–water partition coefficient (Wildman–Crippen LogP) is 6.83. The molecule has 36 heavy (non-hydrogen) atoms. The Morgan fingerprint density at radius 3 is 2.50 bits per heavy atom. The third-order valence-electron chi connectivity index (χ3n) is 6.42. The zero-order valence-corrected chi connectivity index (χ0v) is 20.2. The molecule has 5 rings (SSSR count). The van der Waals surface area contributed by atoms with E-state index in [1.807, 2.05) is 85.7 Å². The predicted molar refractivity (Wildman–Crippen MR) is 143 cm³/mol. The summed E-state index contributed by atoms with van der Waals surface area (Å²) < 4.78 is 22.2. The van der Waals surface area contributed by atoms with Gasteiger partial charge in [0.25, 0.3) is 0 Å². The van der Waals surface area contributed by atoms with Crippen LogP contribution < -0.4 is 9.64 Å². The van der Waals surface area contributed by atoms with Crippen molar-refractivity contribution < 1.29 is 19.0 Å². The number of carboxylic acids is 1. The number of hydrogen-bond acceptors (Lipinski definition) is 3. The summed E-state index contributed by atoms with van der Waals surface area (Å²) in [6.45, 7) is 0.830. The summed E-state index contributed by atoms with van der Waals surface area (Å²) in [6.07, 6.45) is 0.583. The van der Waals surface area contributed by atoms with Gasteiger partial charge in [0.15, 0.2) is 0 Å². The van der Waals surface area contributed by atoms with Crippen molar-refractivity contribution in [2.45, 2.75) is 13.0 Å². The van der Waals surface area contributed by atoms with Gasteiger partial charge in [0.2, 0.25) is 0 Å². The van der Waals surface area contributed by atoms with Crippen molar-refractivity contribution in [3.63, 3.8) is 0 Å². The number of carboxylic acid groups (broad SMARTS) is 1. The van der Waals surface area contributed by atoms with Crippen LogP contribution >= 0.6 is 0 Å². The molecule has 0 spiro atoms. The van der Waals surface area contributed by atoms with Gasteiger partial charge < -0.3 is 19.3 Å². The standard InChI is InChI=1S/C30H27FN2O3/c1-32(2)25-13-6-5-12-23(25)28-24-19-21(31)15-16-26(24)33(29(28)30(34)35)17-8-18-36-27-14-7-10-20-9-3-4-11-22(20)27/h3-7,9-16,19H,8,17-18H2,1-2H3,(H,34,35). The number of hydrogen-bond donors (Lipinski definition) is 1. The maximum absolute atomic E-state index is 14.4. The zero-order valence-electron chi connectivity index (χ0n) is 20.2. The molecule has 5 aromatic rings. The van der Waals surface area contributed by atoms with E-state index in [1.54, 1.807) is 10.6 Å². The van der Waals surface area contributed by atoms with Gasteiger partial charge in [0.1, 0.15) is 17.3 Å². The summed E-state index contributed by atoms with van der Waals surface area (Å²) in [4.78, 5) is 14.5. The van der Waals surface area contributed by atoms with E-state index in [4.69, 9.17) is 4.74 Å². The third-order valence-corrected chi connectivity index (χ3v) is 6.42. The largest absolute Gasteiger partial charge is 0.493 e. The Morgan fingerprint density at radius 1 is 0.944 bits per heavy atom. The van der Waals surface area contributed by atoms with Crippen LogP contribution in [0.25, 0.3) is 32.8 Å². The summed E-state index contributed by atoms with van der Waals surface area (Å²) in [6, 6.07) is 26.0. The summed E-state index contributed by atoms with van der Waals surface area (Å²) in [5, 5.41) is 13.0. The molecule has 182 valence electrons. The number of carbonyl (C=O) groups is 1. The average molecular weight is 483 g/mol. The molecule has 0 saturated heterocycles. The molecule has 1 heterocycles. The van der Waals surface area contributed by atoms with Crippen LogP contribution in [0, 0.1) is 5.82 Å². The number of aryl methyl sites for hydroxylation is 1. The molecule has 1 aromatic heterocycles. The van der Waals surface area contributed by atoms with E-state index in [1.165, 1.54) is 12.1 Å². The van der Waals surface area contributed by atoms with E-state index < -0.39 is 11.8 Å². The SMILES string of the molecule is CN(C)c1ccccc1-c1c(C(=O)O)n(CCCOc2cccc3ccccc23)c2ccc(F)cc12. The van der Waals surface area contributed by atoms with Crippen molar-refractivity contribution >= 4 is 33.3 Å². The molecular formula is C30H27FN2O3. The van der Waals surface area contributed by atoms with Gasteiger partial charge in [-0.2, -0.15) is 0 Å². The molecule has 0 saturated carbocycles. The Hall–Kier alpha value is -4.32. The highest BCUT2D eigenvalue weighted by Gasteiger charge is 2.25. The number of anilines is 1. The molecule has 0 aliphatic rings. The summed E-state index contributed by atoms with van der Waals surface area (Å²) in [5.41, 5.74) is 2.97. The number of benzene rings is 4. The lowest BCUT2D eigenvalue weighted by Gasteiger charge is -2.18. The normalized spacial score (nSPS) is 11.2. The topological polar surface area (TPSA) is 54.7 Å². The Balaban J connectivity index is 1.52. The molecule has 0 atom stereocenters. The van der Waals surface area contributed by atoms with Crippen molar-refractivity contribution in [2.24, 2.45) is 0 Å². The van der Waals surface area contributed by atoms with Crippen molar-refractivity contribution in [3.8, 4) is 16.9 Å². The Kier molecular flexibility index (Phi) is 6.34. The van der Waals surface area contributed by atoms with E-state index >= 15 is 0 Å². The van der Waals surface area contributed by atoms with Gasteiger partial charge >= 0.3 is 5.97 Å². The van der Waals surface area contributed by atoms with Gasteiger partial charge in [-0.3, -0.25) is 0 Å². The number of fused-ring (bicyclic) bond motifs is 2. The molecule has 5 nitrogen and oxygen atoms in total. The molecule has 1 N–H and O–H groups in total. The molecular weight excluding hydrogens is 455 g/mol. The van der Waals surface area contributed by atoms with Gasteiger partial charge in [0.05, 0.1) is 6.61 Å².